The molecule has 1 fully saturated rings. The van der Waals surface area contributed by atoms with Gasteiger partial charge in [-0.1, -0.05) is 23.2 Å². The van der Waals surface area contributed by atoms with Crippen LogP contribution < -0.4 is 4.90 Å². The summed E-state index contributed by atoms with van der Waals surface area (Å²) >= 11 is 11.9. The third-order valence-electron chi connectivity index (χ3n) is 4.08. The summed E-state index contributed by atoms with van der Waals surface area (Å²) in [6.45, 7) is 0. The second kappa shape index (κ2) is 6.86. The Morgan fingerprint density at radius 2 is 1.72 bits per heavy atom. The fraction of sp³-hybridized carbons (Fsp3) is 0.235. The highest BCUT2D eigenvalue weighted by Gasteiger charge is 2.37. The second-order valence-electron chi connectivity index (χ2n) is 5.87. The number of aromatic hydroxyl groups is 1. The van der Waals surface area contributed by atoms with Crippen LogP contribution in [0.3, 0.4) is 0 Å². The maximum atomic E-state index is 13.1. The first kappa shape index (κ1) is 18.0. The fourth-order valence-electron chi connectivity index (χ4n) is 2.87. The molecule has 1 heterocycles. The molecule has 0 spiro atoms. The number of phenols is 1. The lowest BCUT2D eigenvalue weighted by Gasteiger charge is -2.29. The van der Waals surface area contributed by atoms with Crippen LogP contribution in [0.5, 0.6) is 5.75 Å². The molecule has 5 nitrogen and oxygen atoms in total. The van der Waals surface area contributed by atoms with Crippen molar-refractivity contribution in [2.45, 2.75) is 12.5 Å². The lowest BCUT2D eigenvalue weighted by atomic mass is 10.1. The van der Waals surface area contributed by atoms with Crippen molar-refractivity contribution in [2.24, 2.45) is 0 Å². The number of phenolic OH excluding ortho intramolecular Hbond substituents is 1. The largest absolute Gasteiger partial charge is 0.506 e. The Kier molecular flexibility index (Phi) is 4.95. The quantitative estimate of drug-likeness (QED) is 0.856. The minimum absolute atomic E-state index is 0.00337. The molecule has 1 atom stereocenters. The predicted octanol–water partition coefficient (Wildman–Crippen LogP) is 3.53. The molecule has 132 valence electrons. The number of carbonyl (C=O) groups is 1. The van der Waals surface area contributed by atoms with Gasteiger partial charge in [-0.3, -0.25) is 4.79 Å². The second-order valence-corrected chi connectivity index (χ2v) is 8.97. The van der Waals surface area contributed by atoms with E-state index in [1.165, 1.54) is 23.1 Å². The van der Waals surface area contributed by atoms with Gasteiger partial charge in [-0.25, -0.2) is 8.42 Å². The third kappa shape index (κ3) is 3.92. The van der Waals surface area contributed by atoms with Crippen molar-refractivity contribution in [1.82, 2.24) is 0 Å². The molecule has 0 aliphatic carbocycles. The smallest absolute Gasteiger partial charge is 0.258 e. The van der Waals surface area contributed by atoms with Gasteiger partial charge in [0, 0.05) is 15.6 Å². The van der Waals surface area contributed by atoms with Crippen molar-refractivity contribution in [1.29, 1.82) is 0 Å². The monoisotopic (exact) mass is 399 g/mol. The zero-order chi connectivity index (χ0) is 18.2. The van der Waals surface area contributed by atoms with E-state index in [-0.39, 0.29) is 22.9 Å². The Hall–Kier alpha value is -1.76. The molecule has 0 bridgehead atoms. The van der Waals surface area contributed by atoms with E-state index in [9.17, 15) is 18.3 Å². The van der Waals surface area contributed by atoms with Gasteiger partial charge in [-0.05, 0) is 48.9 Å². The summed E-state index contributed by atoms with van der Waals surface area (Å²) in [4.78, 5) is 14.4. The summed E-state index contributed by atoms with van der Waals surface area (Å²) in [5, 5.41) is 11.0. The summed E-state index contributed by atoms with van der Waals surface area (Å²) in [5.41, 5.74) is 0.530. The molecule has 3 rings (SSSR count). The highest BCUT2D eigenvalue weighted by molar-refractivity contribution is 7.91. The molecule has 2 aromatic carbocycles. The van der Waals surface area contributed by atoms with Crippen molar-refractivity contribution in [3.8, 4) is 5.75 Å². The van der Waals surface area contributed by atoms with Crippen LogP contribution in [0.15, 0.2) is 42.5 Å². The summed E-state index contributed by atoms with van der Waals surface area (Å²) in [5.74, 6) is -0.714. The SMILES string of the molecule is O=C(c1ccc(Cl)cc1)N(c1cc(Cl)ccc1O)C1CCS(=O)(=O)C1. The summed E-state index contributed by atoms with van der Waals surface area (Å²) in [7, 11) is -3.22. The molecule has 1 N–H and O–H groups in total. The van der Waals surface area contributed by atoms with Gasteiger partial charge in [-0.2, -0.15) is 0 Å². The first-order valence-corrected chi connectivity index (χ1v) is 10.1. The van der Waals surface area contributed by atoms with E-state index in [0.29, 0.717) is 22.0 Å². The fourth-order valence-corrected chi connectivity index (χ4v) is 4.86. The van der Waals surface area contributed by atoms with Crippen LogP contribution in [0.4, 0.5) is 5.69 Å². The van der Waals surface area contributed by atoms with Crippen molar-refractivity contribution >= 4 is 44.6 Å². The Labute approximate surface area is 155 Å². The molecule has 1 amide bonds. The molecular formula is C17H15Cl2NO4S. The third-order valence-corrected chi connectivity index (χ3v) is 6.32. The molecular weight excluding hydrogens is 385 g/mol. The number of halogens is 2. The van der Waals surface area contributed by atoms with E-state index in [2.05, 4.69) is 0 Å². The minimum Gasteiger partial charge on any atom is -0.506 e. The molecule has 0 saturated carbocycles. The van der Waals surface area contributed by atoms with Crippen LogP contribution >= 0.6 is 23.2 Å². The number of anilines is 1. The number of nitrogens with zero attached hydrogens (tertiary/aromatic N) is 1. The number of carbonyl (C=O) groups excluding carboxylic acids is 1. The van der Waals surface area contributed by atoms with Crippen molar-refractivity contribution in [2.75, 3.05) is 16.4 Å². The average Bonchev–Trinajstić information content (AvgIpc) is 2.91. The van der Waals surface area contributed by atoms with E-state index < -0.39 is 21.8 Å². The van der Waals surface area contributed by atoms with Gasteiger partial charge in [0.05, 0.1) is 23.2 Å². The molecule has 0 aromatic heterocycles. The Balaban J connectivity index is 2.07. The maximum Gasteiger partial charge on any atom is 0.258 e. The van der Waals surface area contributed by atoms with E-state index in [4.69, 9.17) is 23.2 Å². The van der Waals surface area contributed by atoms with Gasteiger partial charge in [0.2, 0.25) is 0 Å². The van der Waals surface area contributed by atoms with Crippen LogP contribution in [-0.2, 0) is 9.84 Å². The van der Waals surface area contributed by atoms with Crippen LogP contribution in [0.2, 0.25) is 10.0 Å². The Morgan fingerprint density at radius 1 is 1.08 bits per heavy atom. The summed E-state index contributed by atoms with van der Waals surface area (Å²) < 4.78 is 23.8. The number of hydrogen-bond acceptors (Lipinski definition) is 4. The maximum absolute atomic E-state index is 13.1. The highest BCUT2D eigenvalue weighted by atomic mass is 35.5. The first-order valence-electron chi connectivity index (χ1n) is 7.55. The highest BCUT2D eigenvalue weighted by Crippen LogP contribution is 2.35. The van der Waals surface area contributed by atoms with E-state index in [1.807, 2.05) is 0 Å². The average molecular weight is 400 g/mol. The van der Waals surface area contributed by atoms with Crippen LogP contribution in [-0.4, -0.2) is 37.0 Å². The molecule has 2 aromatic rings. The summed E-state index contributed by atoms with van der Waals surface area (Å²) in [6.07, 6.45) is 0.299. The van der Waals surface area contributed by atoms with Gasteiger partial charge < -0.3 is 10.0 Å². The minimum atomic E-state index is -3.22. The molecule has 0 radical (unpaired) electrons. The zero-order valence-corrected chi connectivity index (χ0v) is 15.4. The van der Waals surface area contributed by atoms with Crippen molar-refractivity contribution in [3.05, 3.63) is 58.1 Å². The summed E-state index contributed by atoms with van der Waals surface area (Å²) in [6, 6.07) is 10.0. The van der Waals surface area contributed by atoms with E-state index in [0.717, 1.165) is 0 Å². The predicted molar refractivity (Wildman–Crippen MR) is 98.4 cm³/mol. The normalized spacial score (nSPS) is 18.9. The molecule has 1 aliphatic heterocycles. The van der Waals surface area contributed by atoms with Crippen LogP contribution in [0, 0.1) is 0 Å². The molecule has 8 heteroatoms. The lowest BCUT2D eigenvalue weighted by Crippen LogP contribution is -2.41. The number of sulfone groups is 1. The zero-order valence-electron chi connectivity index (χ0n) is 13.0. The van der Waals surface area contributed by atoms with Crippen LogP contribution in [0.1, 0.15) is 16.8 Å². The van der Waals surface area contributed by atoms with Crippen molar-refractivity contribution < 1.29 is 18.3 Å². The number of rotatable bonds is 3. The topological polar surface area (TPSA) is 74.7 Å². The number of benzene rings is 2. The van der Waals surface area contributed by atoms with Gasteiger partial charge >= 0.3 is 0 Å². The van der Waals surface area contributed by atoms with Gasteiger partial charge in [0.1, 0.15) is 5.75 Å². The molecule has 1 aliphatic rings. The van der Waals surface area contributed by atoms with E-state index in [1.54, 1.807) is 24.3 Å². The molecule has 25 heavy (non-hydrogen) atoms. The van der Waals surface area contributed by atoms with Gasteiger partial charge in [0.25, 0.3) is 5.91 Å². The van der Waals surface area contributed by atoms with Crippen molar-refractivity contribution in [3.63, 3.8) is 0 Å². The lowest BCUT2D eigenvalue weighted by molar-refractivity contribution is 0.0978. The van der Waals surface area contributed by atoms with Gasteiger partial charge in [0.15, 0.2) is 9.84 Å². The first-order chi connectivity index (χ1) is 11.8. The standard InChI is InChI=1S/C17H15Cl2NO4S/c18-12-3-1-11(2-4-12)17(22)20(14-7-8-25(23,24)10-14)15-9-13(19)5-6-16(15)21/h1-6,9,14,21H,7-8,10H2. The van der Waals surface area contributed by atoms with Gasteiger partial charge in [-0.15, -0.1) is 0 Å². The molecule has 1 unspecified atom stereocenters. The number of amides is 1. The molecule has 1 saturated heterocycles. The number of hydrogen-bond donors (Lipinski definition) is 1. The Bertz CT molecular complexity index is 913. The van der Waals surface area contributed by atoms with E-state index >= 15 is 0 Å². The Morgan fingerprint density at radius 3 is 2.32 bits per heavy atom. The van der Waals surface area contributed by atoms with Crippen LogP contribution in [0.25, 0.3) is 0 Å².